The van der Waals surface area contributed by atoms with Crippen LogP contribution >= 0.6 is 11.6 Å². The van der Waals surface area contributed by atoms with Crippen molar-refractivity contribution in [1.82, 2.24) is 0 Å². The molecular formula is C24H17Cl. The second-order valence-corrected chi connectivity index (χ2v) is 6.33. The highest BCUT2D eigenvalue weighted by Crippen LogP contribution is 2.35. The molecule has 0 saturated heterocycles. The molecule has 0 atom stereocenters. The molecule has 0 nitrogen and oxygen atoms in total. The van der Waals surface area contributed by atoms with Gasteiger partial charge in [-0.2, -0.15) is 0 Å². The van der Waals surface area contributed by atoms with Crippen molar-refractivity contribution in [2.24, 2.45) is 0 Å². The summed E-state index contributed by atoms with van der Waals surface area (Å²) in [6.45, 7) is 0. The fourth-order valence-electron chi connectivity index (χ4n) is 3.15. The van der Waals surface area contributed by atoms with Crippen LogP contribution in [0.15, 0.2) is 103 Å². The Morgan fingerprint density at radius 3 is 1.64 bits per heavy atom. The van der Waals surface area contributed by atoms with Gasteiger partial charge in [0.2, 0.25) is 0 Å². The molecule has 0 N–H and O–H groups in total. The minimum atomic E-state index is 0.846. The maximum atomic E-state index is 6.57. The highest BCUT2D eigenvalue weighted by atomic mass is 35.5. The minimum Gasteiger partial charge on any atom is -0.0830 e. The Balaban J connectivity index is 0.000000223. The van der Waals surface area contributed by atoms with Crippen LogP contribution in [0.1, 0.15) is 0 Å². The topological polar surface area (TPSA) is 0 Å². The molecule has 0 fully saturated rings. The van der Waals surface area contributed by atoms with E-state index < -0.39 is 0 Å². The molecule has 0 heterocycles. The number of hydrogen-bond acceptors (Lipinski definition) is 0. The van der Waals surface area contributed by atoms with Crippen LogP contribution in [0.4, 0.5) is 0 Å². The number of fused-ring (bicyclic) bond motifs is 4. The maximum Gasteiger partial charge on any atom is 0.0562 e. The molecule has 0 radical (unpaired) electrons. The molecule has 5 aromatic rings. The predicted octanol–water partition coefficient (Wildman–Crippen LogP) is 7.49. The van der Waals surface area contributed by atoms with Gasteiger partial charge in [-0.3, -0.25) is 0 Å². The predicted molar refractivity (Wildman–Crippen MR) is 110 cm³/mol. The third kappa shape index (κ3) is 3.09. The molecule has 5 aromatic carbocycles. The van der Waals surface area contributed by atoms with Crippen LogP contribution in [-0.2, 0) is 0 Å². The quantitative estimate of drug-likeness (QED) is 0.202. The summed E-state index contributed by atoms with van der Waals surface area (Å²) in [6.07, 6.45) is 0. The number of hydrogen-bond donors (Lipinski definition) is 0. The molecule has 0 amide bonds. The SMILES string of the molecule is Clc1c2ccccc2cc2c1ccc1ccccc12.c1ccccc1. The highest BCUT2D eigenvalue weighted by molar-refractivity contribution is 6.41. The third-order valence-electron chi connectivity index (χ3n) is 4.37. The molecule has 5 rings (SSSR count). The van der Waals surface area contributed by atoms with E-state index in [4.69, 9.17) is 11.6 Å². The van der Waals surface area contributed by atoms with Gasteiger partial charge in [-0.05, 0) is 27.6 Å². The number of rotatable bonds is 0. The maximum absolute atomic E-state index is 6.57. The largest absolute Gasteiger partial charge is 0.0830 e. The van der Waals surface area contributed by atoms with E-state index >= 15 is 0 Å². The van der Waals surface area contributed by atoms with Gasteiger partial charge in [0, 0.05) is 10.8 Å². The van der Waals surface area contributed by atoms with Gasteiger partial charge >= 0.3 is 0 Å². The number of benzene rings is 5. The van der Waals surface area contributed by atoms with Crippen LogP contribution in [-0.4, -0.2) is 0 Å². The zero-order valence-electron chi connectivity index (χ0n) is 13.7. The van der Waals surface area contributed by atoms with Crippen molar-refractivity contribution in [2.75, 3.05) is 0 Å². The summed E-state index contributed by atoms with van der Waals surface area (Å²) in [7, 11) is 0. The number of halogens is 1. The molecule has 0 spiro atoms. The summed E-state index contributed by atoms with van der Waals surface area (Å²) in [4.78, 5) is 0. The van der Waals surface area contributed by atoms with Crippen molar-refractivity contribution < 1.29 is 0 Å². The fourth-order valence-corrected chi connectivity index (χ4v) is 3.49. The smallest absolute Gasteiger partial charge is 0.0562 e. The first-order valence-electron chi connectivity index (χ1n) is 8.33. The zero-order valence-corrected chi connectivity index (χ0v) is 14.4. The molecule has 0 aromatic heterocycles. The summed E-state index contributed by atoms with van der Waals surface area (Å²) >= 11 is 6.57. The van der Waals surface area contributed by atoms with Gasteiger partial charge in [-0.15, -0.1) is 0 Å². The van der Waals surface area contributed by atoms with E-state index in [1.807, 2.05) is 42.5 Å². The zero-order chi connectivity index (χ0) is 17.1. The molecule has 25 heavy (non-hydrogen) atoms. The van der Waals surface area contributed by atoms with Crippen molar-refractivity contribution in [3.63, 3.8) is 0 Å². The molecular weight excluding hydrogens is 324 g/mol. The Labute approximate surface area is 152 Å². The van der Waals surface area contributed by atoms with Crippen LogP contribution in [0.25, 0.3) is 32.3 Å². The van der Waals surface area contributed by atoms with E-state index in [1.165, 1.54) is 21.5 Å². The third-order valence-corrected chi connectivity index (χ3v) is 4.78. The van der Waals surface area contributed by atoms with Crippen LogP contribution in [0, 0.1) is 0 Å². The van der Waals surface area contributed by atoms with Gasteiger partial charge in [0.1, 0.15) is 0 Å². The lowest BCUT2D eigenvalue weighted by Gasteiger charge is -2.08. The first-order valence-corrected chi connectivity index (χ1v) is 8.71. The van der Waals surface area contributed by atoms with E-state index in [-0.39, 0.29) is 0 Å². The second kappa shape index (κ2) is 6.96. The summed E-state index contributed by atoms with van der Waals surface area (Å²) in [6, 6.07) is 35.2. The molecule has 0 aliphatic carbocycles. The van der Waals surface area contributed by atoms with Crippen molar-refractivity contribution in [1.29, 1.82) is 0 Å². The fraction of sp³-hybridized carbons (Fsp3) is 0. The lowest BCUT2D eigenvalue weighted by atomic mass is 9.98. The van der Waals surface area contributed by atoms with Crippen molar-refractivity contribution in [2.45, 2.75) is 0 Å². The second-order valence-electron chi connectivity index (χ2n) is 5.95. The van der Waals surface area contributed by atoms with Gasteiger partial charge in [0.25, 0.3) is 0 Å². The Hall–Kier alpha value is -2.83. The Bertz CT molecular complexity index is 1120. The Morgan fingerprint density at radius 2 is 0.960 bits per heavy atom. The van der Waals surface area contributed by atoms with E-state index in [1.54, 1.807) is 0 Å². The summed E-state index contributed by atoms with van der Waals surface area (Å²) in [5.74, 6) is 0. The van der Waals surface area contributed by atoms with Gasteiger partial charge in [0.05, 0.1) is 5.02 Å². The lowest BCUT2D eigenvalue weighted by molar-refractivity contribution is 1.72. The van der Waals surface area contributed by atoms with Crippen LogP contribution < -0.4 is 0 Å². The normalized spacial score (nSPS) is 10.6. The lowest BCUT2D eigenvalue weighted by Crippen LogP contribution is -1.81. The van der Waals surface area contributed by atoms with Gasteiger partial charge in [-0.25, -0.2) is 0 Å². The van der Waals surface area contributed by atoms with Crippen LogP contribution in [0.2, 0.25) is 5.02 Å². The standard InChI is InChI=1S/C18H11Cl.C6H6/c19-18-15-8-4-2-6-13(15)11-17-14-7-3-1-5-12(14)9-10-16(17)18;1-2-4-6-5-3-1/h1-11H;1-6H. The van der Waals surface area contributed by atoms with E-state index in [2.05, 4.69) is 60.7 Å². The van der Waals surface area contributed by atoms with Crippen molar-refractivity contribution in [3.8, 4) is 0 Å². The van der Waals surface area contributed by atoms with Crippen LogP contribution in [0.5, 0.6) is 0 Å². The molecule has 120 valence electrons. The molecule has 0 aliphatic heterocycles. The molecule has 0 unspecified atom stereocenters. The van der Waals surface area contributed by atoms with Crippen molar-refractivity contribution in [3.05, 3.63) is 108 Å². The first-order chi connectivity index (χ1) is 12.3. The molecule has 0 aliphatic rings. The highest BCUT2D eigenvalue weighted by Gasteiger charge is 2.07. The average molecular weight is 341 g/mol. The molecule has 1 heteroatoms. The summed E-state index contributed by atoms with van der Waals surface area (Å²) in [5.41, 5.74) is 0. The van der Waals surface area contributed by atoms with Crippen LogP contribution in [0.3, 0.4) is 0 Å². The minimum absolute atomic E-state index is 0.846. The Kier molecular flexibility index (Phi) is 4.37. The van der Waals surface area contributed by atoms with Gasteiger partial charge in [0.15, 0.2) is 0 Å². The summed E-state index contributed by atoms with van der Waals surface area (Å²) < 4.78 is 0. The molecule has 0 saturated carbocycles. The van der Waals surface area contributed by atoms with E-state index in [9.17, 15) is 0 Å². The Morgan fingerprint density at radius 1 is 0.400 bits per heavy atom. The van der Waals surface area contributed by atoms with Gasteiger partial charge < -0.3 is 0 Å². The summed E-state index contributed by atoms with van der Waals surface area (Å²) in [5, 5.41) is 8.01. The van der Waals surface area contributed by atoms with E-state index in [0.29, 0.717) is 0 Å². The first kappa shape index (κ1) is 15.7. The average Bonchev–Trinajstić information content (AvgIpc) is 2.70. The monoisotopic (exact) mass is 340 g/mol. The molecule has 0 bridgehead atoms. The van der Waals surface area contributed by atoms with Gasteiger partial charge in [-0.1, -0.05) is 109 Å². The van der Waals surface area contributed by atoms with E-state index in [0.717, 1.165) is 15.8 Å². The van der Waals surface area contributed by atoms with Crippen molar-refractivity contribution >= 4 is 43.9 Å².